The number of carbonyl (C=O) groups is 2. The molecule has 1 heterocycles. The van der Waals surface area contributed by atoms with Gasteiger partial charge in [-0.2, -0.15) is 0 Å². The summed E-state index contributed by atoms with van der Waals surface area (Å²) in [7, 11) is 0. The zero-order chi connectivity index (χ0) is 13.4. The summed E-state index contributed by atoms with van der Waals surface area (Å²) < 4.78 is 18.8. The normalized spacial score (nSPS) is 17.9. The number of ether oxygens (including phenoxy) is 1. The molecule has 5 nitrogen and oxygen atoms in total. The Hall–Kier alpha value is -2.11. The minimum absolute atomic E-state index is 0.0187. The average Bonchev–Trinajstić information content (AvgIpc) is 2.28. The quantitative estimate of drug-likeness (QED) is 0.724. The first kappa shape index (κ1) is 12.3. The van der Waals surface area contributed by atoms with E-state index in [4.69, 9.17) is 10.5 Å². The summed E-state index contributed by atoms with van der Waals surface area (Å²) in [5.41, 5.74) is 6.04. The van der Waals surface area contributed by atoms with Crippen LogP contribution in [0.15, 0.2) is 6.07 Å². The number of Topliss-reactive ketones (excluding diaryl/α,β-unsaturated/α-hetero) is 1. The third-order valence-corrected chi connectivity index (χ3v) is 2.83. The lowest BCUT2D eigenvalue weighted by Gasteiger charge is -2.26. The molecule has 1 aliphatic rings. The molecule has 2 rings (SSSR count). The Morgan fingerprint density at radius 2 is 2.28 bits per heavy atom. The SMILES string of the molecule is CC(=O)NC1COc2c(C)c(F)cc(N)c2C1=O. The number of halogens is 1. The Bertz CT molecular complexity index is 543. The largest absolute Gasteiger partial charge is 0.490 e. The van der Waals surface area contributed by atoms with Crippen LogP contribution in [-0.2, 0) is 4.79 Å². The number of anilines is 1. The minimum Gasteiger partial charge on any atom is -0.490 e. The molecule has 3 N–H and O–H groups in total. The van der Waals surface area contributed by atoms with Crippen molar-refractivity contribution in [2.45, 2.75) is 19.9 Å². The highest BCUT2D eigenvalue weighted by molar-refractivity contribution is 6.09. The van der Waals surface area contributed by atoms with Crippen molar-refractivity contribution in [1.29, 1.82) is 0 Å². The lowest BCUT2D eigenvalue weighted by atomic mass is 9.96. The van der Waals surface area contributed by atoms with E-state index in [-0.39, 0.29) is 40.9 Å². The number of nitrogens with two attached hydrogens (primary N) is 1. The molecule has 0 bridgehead atoms. The molecule has 1 amide bonds. The number of hydrogen-bond donors (Lipinski definition) is 2. The maximum atomic E-state index is 13.5. The molecule has 1 aliphatic heterocycles. The maximum Gasteiger partial charge on any atom is 0.217 e. The molecule has 1 aromatic carbocycles. The number of nitrogen functional groups attached to an aromatic ring is 1. The molecule has 0 spiro atoms. The Morgan fingerprint density at radius 3 is 2.89 bits per heavy atom. The Balaban J connectivity index is 2.47. The van der Waals surface area contributed by atoms with Crippen LogP contribution in [0.5, 0.6) is 5.75 Å². The third kappa shape index (κ3) is 1.90. The second-order valence-electron chi connectivity index (χ2n) is 4.21. The Kier molecular flexibility index (Phi) is 2.94. The molecule has 1 atom stereocenters. The molecule has 18 heavy (non-hydrogen) atoms. The number of fused-ring (bicyclic) bond motifs is 1. The van der Waals surface area contributed by atoms with Crippen molar-refractivity contribution in [3.63, 3.8) is 0 Å². The fourth-order valence-corrected chi connectivity index (χ4v) is 1.95. The van der Waals surface area contributed by atoms with Crippen LogP contribution in [-0.4, -0.2) is 24.3 Å². The number of hydrogen-bond acceptors (Lipinski definition) is 4. The molecule has 0 radical (unpaired) electrons. The second-order valence-corrected chi connectivity index (χ2v) is 4.21. The van der Waals surface area contributed by atoms with Gasteiger partial charge in [-0.1, -0.05) is 0 Å². The molecule has 96 valence electrons. The smallest absolute Gasteiger partial charge is 0.217 e. The predicted molar refractivity (Wildman–Crippen MR) is 63.0 cm³/mol. The second kappa shape index (κ2) is 4.29. The highest BCUT2D eigenvalue weighted by atomic mass is 19.1. The number of benzene rings is 1. The number of nitrogens with one attached hydrogen (secondary N) is 1. The van der Waals surface area contributed by atoms with Gasteiger partial charge in [0.2, 0.25) is 5.91 Å². The van der Waals surface area contributed by atoms with E-state index in [1.54, 1.807) is 0 Å². The number of rotatable bonds is 1. The molecule has 0 aliphatic carbocycles. The van der Waals surface area contributed by atoms with Crippen molar-refractivity contribution in [2.24, 2.45) is 0 Å². The van der Waals surface area contributed by atoms with E-state index in [0.717, 1.165) is 6.07 Å². The number of amides is 1. The molecule has 0 saturated heterocycles. The zero-order valence-electron chi connectivity index (χ0n) is 10.0. The Morgan fingerprint density at radius 1 is 1.61 bits per heavy atom. The molecular formula is C12H13FN2O3. The van der Waals surface area contributed by atoms with Gasteiger partial charge in [0, 0.05) is 18.2 Å². The van der Waals surface area contributed by atoms with Crippen LogP contribution in [0, 0.1) is 12.7 Å². The summed E-state index contributed by atoms with van der Waals surface area (Å²) in [5, 5.41) is 2.47. The van der Waals surface area contributed by atoms with Gasteiger partial charge in [-0.05, 0) is 13.0 Å². The van der Waals surface area contributed by atoms with Crippen LogP contribution in [0.1, 0.15) is 22.8 Å². The van der Waals surface area contributed by atoms with Crippen molar-refractivity contribution in [2.75, 3.05) is 12.3 Å². The fourth-order valence-electron chi connectivity index (χ4n) is 1.95. The van der Waals surface area contributed by atoms with Gasteiger partial charge in [0.05, 0.1) is 5.56 Å². The molecule has 0 saturated carbocycles. The van der Waals surface area contributed by atoms with E-state index < -0.39 is 11.9 Å². The number of ketones is 1. The van der Waals surface area contributed by atoms with E-state index in [1.807, 2.05) is 0 Å². The standard InChI is InChI=1S/C12H13FN2O3/c1-5-7(13)3-8(14)10-11(17)9(15-6(2)16)4-18-12(5)10/h3,9H,4,14H2,1-2H3,(H,15,16). The summed E-state index contributed by atoms with van der Waals surface area (Å²) in [4.78, 5) is 23.1. The van der Waals surface area contributed by atoms with Crippen LogP contribution >= 0.6 is 0 Å². The van der Waals surface area contributed by atoms with Crippen molar-refractivity contribution in [3.8, 4) is 5.75 Å². The van der Waals surface area contributed by atoms with Crippen molar-refractivity contribution < 1.29 is 18.7 Å². The van der Waals surface area contributed by atoms with Gasteiger partial charge in [0.15, 0.2) is 5.78 Å². The molecule has 6 heteroatoms. The summed E-state index contributed by atoms with van der Waals surface area (Å²) >= 11 is 0. The topological polar surface area (TPSA) is 81.4 Å². The van der Waals surface area contributed by atoms with Crippen molar-refractivity contribution in [1.82, 2.24) is 5.32 Å². The number of carbonyl (C=O) groups excluding carboxylic acids is 2. The lowest BCUT2D eigenvalue weighted by molar-refractivity contribution is -0.119. The third-order valence-electron chi connectivity index (χ3n) is 2.83. The van der Waals surface area contributed by atoms with Gasteiger partial charge < -0.3 is 15.8 Å². The van der Waals surface area contributed by atoms with Crippen LogP contribution in [0.25, 0.3) is 0 Å². The molecular weight excluding hydrogens is 239 g/mol. The van der Waals surface area contributed by atoms with Crippen LogP contribution < -0.4 is 15.8 Å². The van der Waals surface area contributed by atoms with Gasteiger partial charge in [0.1, 0.15) is 24.2 Å². The van der Waals surface area contributed by atoms with E-state index >= 15 is 0 Å². The summed E-state index contributed by atoms with van der Waals surface area (Å²) in [5.74, 6) is -1.04. The van der Waals surface area contributed by atoms with Crippen molar-refractivity contribution >= 4 is 17.4 Å². The van der Waals surface area contributed by atoms with Gasteiger partial charge in [-0.3, -0.25) is 9.59 Å². The first-order valence-corrected chi connectivity index (χ1v) is 5.44. The van der Waals surface area contributed by atoms with Crippen LogP contribution in [0.2, 0.25) is 0 Å². The van der Waals surface area contributed by atoms with E-state index in [9.17, 15) is 14.0 Å². The zero-order valence-corrected chi connectivity index (χ0v) is 10.0. The van der Waals surface area contributed by atoms with Gasteiger partial charge in [-0.15, -0.1) is 0 Å². The van der Waals surface area contributed by atoms with Crippen LogP contribution in [0.4, 0.5) is 10.1 Å². The summed E-state index contributed by atoms with van der Waals surface area (Å²) in [6.07, 6.45) is 0. The average molecular weight is 252 g/mol. The van der Waals surface area contributed by atoms with Gasteiger partial charge in [-0.25, -0.2) is 4.39 Å². The fraction of sp³-hybridized carbons (Fsp3) is 0.333. The molecule has 0 aromatic heterocycles. The first-order chi connectivity index (χ1) is 8.41. The first-order valence-electron chi connectivity index (χ1n) is 5.44. The van der Waals surface area contributed by atoms with E-state index in [0.29, 0.717) is 0 Å². The van der Waals surface area contributed by atoms with Crippen molar-refractivity contribution in [3.05, 3.63) is 23.0 Å². The van der Waals surface area contributed by atoms with Gasteiger partial charge in [0.25, 0.3) is 0 Å². The molecule has 1 aromatic rings. The van der Waals surface area contributed by atoms with Crippen LogP contribution in [0.3, 0.4) is 0 Å². The van der Waals surface area contributed by atoms with E-state index in [1.165, 1.54) is 13.8 Å². The lowest BCUT2D eigenvalue weighted by Crippen LogP contribution is -2.46. The van der Waals surface area contributed by atoms with Gasteiger partial charge >= 0.3 is 0 Å². The summed E-state index contributed by atoms with van der Waals surface area (Å²) in [6, 6.07) is 0.313. The highest BCUT2D eigenvalue weighted by Gasteiger charge is 2.33. The maximum absolute atomic E-state index is 13.5. The highest BCUT2D eigenvalue weighted by Crippen LogP contribution is 2.34. The minimum atomic E-state index is -0.776. The Labute approximate surface area is 103 Å². The summed E-state index contributed by atoms with van der Waals surface area (Å²) in [6.45, 7) is 2.80. The monoisotopic (exact) mass is 252 g/mol. The van der Waals surface area contributed by atoms with E-state index in [2.05, 4.69) is 5.32 Å². The molecule has 0 fully saturated rings. The predicted octanol–water partition coefficient (Wildman–Crippen LogP) is 0.796. The molecule has 1 unspecified atom stereocenters.